The minimum atomic E-state index is 0.422. The van der Waals surface area contributed by atoms with E-state index in [1.807, 2.05) is 24.3 Å². The van der Waals surface area contributed by atoms with Crippen molar-refractivity contribution in [3.63, 3.8) is 0 Å². The molecule has 0 saturated heterocycles. The van der Waals surface area contributed by atoms with Crippen molar-refractivity contribution in [2.75, 3.05) is 5.73 Å². The molecule has 0 aromatic heterocycles. The monoisotopic (exact) mass is 187 g/mol. The fraction of sp³-hybridized carbons (Fsp3) is 0. The van der Waals surface area contributed by atoms with Crippen LogP contribution in [0.15, 0.2) is 36.4 Å². The van der Waals surface area contributed by atoms with E-state index >= 15 is 0 Å². The summed E-state index contributed by atoms with van der Waals surface area (Å²) in [6.45, 7) is 0.422. The Hall–Kier alpha value is -2.03. The lowest BCUT2D eigenvalue weighted by atomic mass is 10.1. The third-order valence-corrected chi connectivity index (χ3v) is 2.04. The second kappa shape index (κ2) is 3.38. The highest BCUT2D eigenvalue weighted by Crippen LogP contribution is 2.26. The fourth-order valence-corrected chi connectivity index (χ4v) is 1.43. The molecule has 0 unspecified atom stereocenters. The average Bonchev–Trinajstić information content (AvgIpc) is 2.18. The Morgan fingerprint density at radius 3 is 2.86 bits per heavy atom. The van der Waals surface area contributed by atoms with Crippen LogP contribution >= 0.6 is 0 Å². The van der Waals surface area contributed by atoms with Gasteiger partial charge < -0.3 is 10.5 Å². The summed E-state index contributed by atoms with van der Waals surface area (Å²) in [7, 11) is 0. The fourth-order valence-electron chi connectivity index (χ4n) is 1.43. The summed E-state index contributed by atoms with van der Waals surface area (Å²) in [4.78, 5) is 10.2. The van der Waals surface area contributed by atoms with Gasteiger partial charge in [0.15, 0.2) is 0 Å². The number of nitrogens with two attached hydrogens (primary N) is 1. The number of carbonyl (C=O) groups is 1. The number of fused-ring (bicyclic) bond motifs is 1. The molecule has 3 heteroatoms. The largest absolute Gasteiger partial charge is 0.428 e. The van der Waals surface area contributed by atoms with E-state index < -0.39 is 0 Å². The van der Waals surface area contributed by atoms with Crippen LogP contribution in [0.2, 0.25) is 0 Å². The van der Waals surface area contributed by atoms with Crippen LogP contribution in [0.4, 0.5) is 5.69 Å². The molecule has 70 valence electrons. The van der Waals surface area contributed by atoms with Crippen LogP contribution in [0.5, 0.6) is 5.75 Å². The summed E-state index contributed by atoms with van der Waals surface area (Å²) in [5, 5.41) is 1.85. The van der Waals surface area contributed by atoms with Gasteiger partial charge in [0.25, 0.3) is 6.47 Å². The van der Waals surface area contributed by atoms with E-state index in [4.69, 9.17) is 10.5 Å². The molecule has 2 aromatic rings. The molecule has 0 amide bonds. The first-order chi connectivity index (χ1) is 6.81. The first-order valence-electron chi connectivity index (χ1n) is 4.20. The summed E-state index contributed by atoms with van der Waals surface area (Å²) >= 11 is 0. The number of benzene rings is 2. The van der Waals surface area contributed by atoms with Crippen molar-refractivity contribution in [3.8, 4) is 5.75 Å². The van der Waals surface area contributed by atoms with Gasteiger partial charge in [0, 0.05) is 11.1 Å². The van der Waals surface area contributed by atoms with E-state index in [1.165, 1.54) is 0 Å². The Bertz CT molecular complexity index is 480. The maximum atomic E-state index is 10.2. The second-order valence-corrected chi connectivity index (χ2v) is 2.95. The van der Waals surface area contributed by atoms with Gasteiger partial charge in [-0.05, 0) is 29.7 Å². The lowest BCUT2D eigenvalue weighted by molar-refractivity contribution is -0.120. The number of carbonyl (C=O) groups excluding carboxylic acids is 1. The zero-order chi connectivity index (χ0) is 9.97. The third-order valence-electron chi connectivity index (χ3n) is 2.04. The lowest BCUT2D eigenvalue weighted by Crippen LogP contribution is -1.90. The molecular formula is C11H9NO2. The standard InChI is InChI=1S/C11H9NO2/c12-9-4-5-10-8(6-9)2-1-3-11(10)14-7-13/h1-7H,12H2. The Balaban J connectivity index is 2.68. The Kier molecular flexibility index (Phi) is 2.07. The molecule has 0 aliphatic heterocycles. The summed E-state index contributed by atoms with van der Waals surface area (Å²) in [5.41, 5.74) is 6.33. The normalized spacial score (nSPS) is 10.0. The number of hydrogen-bond acceptors (Lipinski definition) is 3. The van der Waals surface area contributed by atoms with Gasteiger partial charge in [-0.1, -0.05) is 12.1 Å². The number of rotatable bonds is 2. The number of nitrogen functional groups attached to an aromatic ring is 1. The first kappa shape index (κ1) is 8.56. The number of hydrogen-bond donors (Lipinski definition) is 1. The molecule has 0 fully saturated rings. The van der Waals surface area contributed by atoms with Crippen LogP contribution in [0.25, 0.3) is 10.8 Å². The molecule has 0 spiro atoms. The van der Waals surface area contributed by atoms with Gasteiger partial charge in [-0.2, -0.15) is 0 Å². The molecule has 0 radical (unpaired) electrons. The third kappa shape index (κ3) is 1.40. The van der Waals surface area contributed by atoms with Crippen LogP contribution in [-0.4, -0.2) is 6.47 Å². The first-order valence-corrected chi connectivity index (χ1v) is 4.20. The lowest BCUT2D eigenvalue weighted by Gasteiger charge is -2.03. The smallest absolute Gasteiger partial charge is 0.298 e. The maximum absolute atomic E-state index is 10.2. The predicted octanol–water partition coefficient (Wildman–Crippen LogP) is 1.96. The minimum absolute atomic E-state index is 0.422. The van der Waals surface area contributed by atoms with Crippen molar-refractivity contribution in [1.82, 2.24) is 0 Å². The van der Waals surface area contributed by atoms with E-state index in [0.29, 0.717) is 17.9 Å². The van der Waals surface area contributed by atoms with Gasteiger partial charge in [-0.15, -0.1) is 0 Å². The van der Waals surface area contributed by atoms with Crippen molar-refractivity contribution in [1.29, 1.82) is 0 Å². The molecule has 2 rings (SSSR count). The van der Waals surface area contributed by atoms with Crippen molar-refractivity contribution in [3.05, 3.63) is 36.4 Å². The SMILES string of the molecule is Nc1ccc2c(OC=O)cccc2c1. The Morgan fingerprint density at radius 1 is 1.21 bits per heavy atom. The zero-order valence-electron chi connectivity index (χ0n) is 7.44. The van der Waals surface area contributed by atoms with Gasteiger partial charge in [0.2, 0.25) is 0 Å². The molecule has 0 aliphatic rings. The summed E-state index contributed by atoms with van der Waals surface area (Å²) in [6.07, 6.45) is 0. The van der Waals surface area contributed by atoms with E-state index in [9.17, 15) is 4.79 Å². The van der Waals surface area contributed by atoms with E-state index in [-0.39, 0.29) is 0 Å². The molecule has 2 aromatic carbocycles. The van der Waals surface area contributed by atoms with Crippen molar-refractivity contribution >= 4 is 22.9 Å². The molecule has 0 saturated carbocycles. The van der Waals surface area contributed by atoms with Crippen molar-refractivity contribution in [2.45, 2.75) is 0 Å². The van der Waals surface area contributed by atoms with E-state index in [2.05, 4.69) is 0 Å². The van der Waals surface area contributed by atoms with Gasteiger partial charge in [-0.3, -0.25) is 4.79 Å². The van der Waals surface area contributed by atoms with Crippen LogP contribution in [0, 0.1) is 0 Å². The summed E-state index contributed by atoms with van der Waals surface area (Å²) < 4.78 is 4.84. The van der Waals surface area contributed by atoms with Gasteiger partial charge in [0.05, 0.1) is 0 Å². The molecule has 0 atom stereocenters. The highest BCUT2D eigenvalue weighted by molar-refractivity contribution is 5.91. The highest BCUT2D eigenvalue weighted by atomic mass is 16.5. The predicted molar refractivity (Wildman–Crippen MR) is 55.1 cm³/mol. The second-order valence-electron chi connectivity index (χ2n) is 2.95. The Morgan fingerprint density at radius 2 is 2.07 bits per heavy atom. The Labute approximate surface area is 81.1 Å². The van der Waals surface area contributed by atoms with E-state index in [0.717, 1.165) is 10.8 Å². The van der Waals surface area contributed by atoms with Crippen LogP contribution in [0.1, 0.15) is 0 Å². The quantitative estimate of drug-likeness (QED) is 0.577. The summed E-state index contributed by atoms with van der Waals surface area (Å²) in [6, 6.07) is 10.9. The zero-order valence-corrected chi connectivity index (χ0v) is 7.44. The molecule has 2 N–H and O–H groups in total. The van der Waals surface area contributed by atoms with E-state index in [1.54, 1.807) is 12.1 Å². The topological polar surface area (TPSA) is 52.3 Å². The molecular weight excluding hydrogens is 178 g/mol. The van der Waals surface area contributed by atoms with Crippen LogP contribution in [0.3, 0.4) is 0 Å². The van der Waals surface area contributed by atoms with Crippen LogP contribution < -0.4 is 10.5 Å². The van der Waals surface area contributed by atoms with Gasteiger partial charge >= 0.3 is 0 Å². The molecule has 14 heavy (non-hydrogen) atoms. The van der Waals surface area contributed by atoms with Gasteiger partial charge in [0.1, 0.15) is 5.75 Å². The van der Waals surface area contributed by atoms with Gasteiger partial charge in [-0.25, -0.2) is 0 Å². The number of anilines is 1. The van der Waals surface area contributed by atoms with Crippen molar-refractivity contribution < 1.29 is 9.53 Å². The molecule has 0 aliphatic carbocycles. The average molecular weight is 187 g/mol. The van der Waals surface area contributed by atoms with Crippen LogP contribution in [-0.2, 0) is 4.79 Å². The minimum Gasteiger partial charge on any atom is -0.428 e. The number of ether oxygens (including phenoxy) is 1. The van der Waals surface area contributed by atoms with Crippen molar-refractivity contribution in [2.24, 2.45) is 0 Å². The maximum Gasteiger partial charge on any atom is 0.298 e. The summed E-state index contributed by atoms with van der Waals surface area (Å²) in [5.74, 6) is 0.553. The molecule has 0 bridgehead atoms. The molecule has 3 nitrogen and oxygen atoms in total. The molecule has 0 heterocycles. The highest BCUT2D eigenvalue weighted by Gasteiger charge is 2.00.